The minimum absolute atomic E-state index is 0.158. The minimum atomic E-state index is -1.15. The average molecular weight is 346 g/mol. The summed E-state index contributed by atoms with van der Waals surface area (Å²) in [5.41, 5.74) is 0.790. The molecule has 3 rings (SSSR count). The lowest BCUT2D eigenvalue weighted by Crippen LogP contribution is -2.35. The smallest absolute Gasteiger partial charge is 0.274 e. The molecule has 0 bridgehead atoms. The number of carbonyl (C=O) groups is 1. The van der Waals surface area contributed by atoms with E-state index in [2.05, 4.69) is 29.3 Å². The van der Waals surface area contributed by atoms with Crippen molar-refractivity contribution in [2.45, 2.75) is 51.7 Å². The van der Waals surface area contributed by atoms with E-state index in [9.17, 15) is 9.90 Å². The number of amides is 1. The van der Waals surface area contributed by atoms with Crippen molar-refractivity contribution in [2.75, 3.05) is 13.1 Å². The van der Waals surface area contributed by atoms with Crippen LogP contribution in [0.4, 0.5) is 0 Å². The number of hydrogen-bond acceptors (Lipinski definition) is 5. The number of aliphatic hydroxyl groups is 1. The molecule has 1 amide bonds. The Morgan fingerprint density at radius 3 is 2.60 bits per heavy atom. The van der Waals surface area contributed by atoms with Gasteiger partial charge in [0.05, 0.1) is 12.7 Å². The van der Waals surface area contributed by atoms with Gasteiger partial charge in [0.15, 0.2) is 5.69 Å². The van der Waals surface area contributed by atoms with Gasteiger partial charge in [-0.05, 0) is 25.8 Å². The Morgan fingerprint density at radius 2 is 2.04 bits per heavy atom. The monoisotopic (exact) mass is 346 g/mol. The van der Waals surface area contributed by atoms with Gasteiger partial charge in [-0.2, -0.15) is 5.10 Å². The molecule has 1 N–H and O–H groups in total. The predicted molar refractivity (Wildman–Crippen MR) is 92.1 cm³/mol. The number of hydrogen-bond donors (Lipinski definition) is 1. The second-order valence-corrected chi connectivity index (χ2v) is 7.42. The van der Waals surface area contributed by atoms with Crippen LogP contribution < -0.4 is 0 Å². The maximum absolute atomic E-state index is 12.8. The number of β-amino-alcohol motifs (C(OH)–C–C–N with tert-alkyl or cyclic N) is 1. The Balaban J connectivity index is 1.77. The van der Waals surface area contributed by atoms with Crippen LogP contribution in [0.2, 0.25) is 0 Å². The molecule has 1 atom stereocenters. The first kappa shape index (κ1) is 17.6. The molecule has 1 fully saturated rings. The van der Waals surface area contributed by atoms with Gasteiger partial charge in [0.25, 0.3) is 5.91 Å². The van der Waals surface area contributed by atoms with E-state index in [0.29, 0.717) is 30.3 Å². The largest absolute Gasteiger partial charge is 0.381 e. The number of aryl methyl sites for hydroxylation is 1. The zero-order valence-corrected chi connectivity index (χ0v) is 15.5. The molecule has 8 heteroatoms. The summed E-state index contributed by atoms with van der Waals surface area (Å²) >= 11 is 0. The first-order valence-corrected chi connectivity index (χ1v) is 8.69. The van der Waals surface area contributed by atoms with Crippen molar-refractivity contribution in [3.63, 3.8) is 0 Å². The molecular weight excluding hydrogens is 320 g/mol. The van der Waals surface area contributed by atoms with Crippen LogP contribution in [-0.2, 0) is 12.6 Å². The Labute approximate surface area is 147 Å². The molecule has 2 aromatic rings. The van der Waals surface area contributed by atoms with Crippen molar-refractivity contribution in [1.29, 1.82) is 0 Å². The molecule has 0 aliphatic carbocycles. The highest BCUT2D eigenvalue weighted by atomic mass is 16.3. The Hall–Kier alpha value is -2.22. The standard InChI is InChI=1S/C17H26N6O2/c1-11(2)14-8-13(19-21(14)5)16(24)22-7-6-17(25,10-22)15-9-23(12(3)4)20-18-15/h8-9,11-12,25H,6-7,10H2,1-5H3. The van der Waals surface area contributed by atoms with Crippen LogP contribution in [0.15, 0.2) is 12.3 Å². The van der Waals surface area contributed by atoms with E-state index < -0.39 is 5.60 Å². The molecule has 0 spiro atoms. The van der Waals surface area contributed by atoms with Gasteiger partial charge in [-0.25, -0.2) is 4.68 Å². The second kappa shape index (κ2) is 6.25. The predicted octanol–water partition coefficient (Wildman–Crippen LogP) is 1.45. The summed E-state index contributed by atoms with van der Waals surface area (Å²) < 4.78 is 3.46. The molecule has 25 heavy (non-hydrogen) atoms. The third kappa shape index (κ3) is 3.18. The SMILES string of the molecule is CC(C)c1cc(C(=O)N2CCC(O)(c3cn(C(C)C)nn3)C2)nn1C. The summed E-state index contributed by atoms with van der Waals surface area (Å²) in [5, 5.41) is 23.4. The molecule has 136 valence electrons. The summed E-state index contributed by atoms with van der Waals surface area (Å²) in [6.45, 7) is 8.81. The van der Waals surface area contributed by atoms with Crippen LogP contribution in [0, 0.1) is 0 Å². The van der Waals surface area contributed by atoms with E-state index in [1.807, 2.05) is 27.0 Å². The van der Waals surface area contributed by atoms with Crippen LogP contribution in [-0.4, -0.2) is 53.8 Å². The van der Waals surface area contributed by atoms with Gasteiger partial charge in [0, 0.05) is 31.7 Å². The van der Waals surface area contributed by atoms with Crippen molar-refractivity contribution < 1.29 is 9.90 Å². The van der Waals surface area contributed by atoms with Crippen LogP contribution in [0.25, 0.3) is 0 Å². The topological polar surface area (TPSA) is 89.1 Å². The van der Waals surface area contributed by atoms with Crippen molar-refractivity contribution in [3.05, 3.63) is 29.3 Å². The van der Waals surface area contributed by atoms with E-state index in [1.54, 1.807) is 20.5 Å². The van der Waals surface area contributed by atoms with Gasteiger partial charge < -0.3 is 10.0 Å². The van der Waals surface area contributed by atoms with E-state index in [4.69, 9.17) is 0 Å². The molecule has 3 heterocycles. The minimum Gasteiger partial charge on any atom is -0.381 e. The Kier molecular flexibility index (Phi) is 4.40. The van der Waals surface area contributed by atoms with Crippen LogP contribution in [0.5, 0.6) is 0 Å². The van der Waals surface area contributed by atoms with Crippen molar-refractivity contribution >= 4 is 5.91 Å². The second-order valence-electron chi connectivity index (χ2n) is 7.42. The lowest BCUT2D eigenvalue weighted by atomic mass is 10.00. The number of aromatic nitrogens is 5. The highest BCUT2D eigenvalue weighted by molar-refractivity contribution is 5.92. The fraction of sp³-hybridized carbons (Fsp3) is 0.647. The molecule has 0 aromatic carbocycles. The molecule has 1 aliphatic rings. The maximum atomic E-state index is 12.8. The first-order chi connectivity index (χ1) is 11.7. The summed E-state index contributed by atoms with van der Waals surface area (Å²) in [7, 11) is 1.84. The van der Waals surface area contributed by atoms with Gasteiger partial charge in [-0.3, -0.25) is 9.48 Å². The zero-order chi connectivity index (χ0) is 18.4. The zero-order valence-electron chi connectivity index (χ0n) is 15.5. The fourth-order valence-corrected chi connectivity index (χ4v) is 3.21. The van der Waals surface area contributed by atoms with Gasteiger partial charge >= 0.3 is 0 Å². The summed E-state index contributed by atoms with van der Waals surface area (Å²) in [4.78, 5) is 14.4. The average Bonchev–Trinajstić information content (AvgIpc) is 3.24. The fourth-order valence-electron chi connectivity index (χ4n) is 3.21. The Bertz CT molecular complexity index is 778. The number of rotatable bonds is 4. The first-order valence-electron chi connectivity index (χ1n) is 8.69. The van der Waals surface area contributed by atoms with E-state index in [1.165, 1.54) is 0 Å². The van der Waals surface area contributed by atoms with Crippen LogP contribution in [0.3, 0.4) is 0 Å². The highest BCUT2D eigenvalue weighted by Gasteiger charge is 2.42. The molecule has 0 saturated carbocycles. The van der Waals surface area contributed by atoms with Crippen LogP contribution >= 0.6 is 0 Å². The number of nitrogens with zero attached hydrogens (tertiary/aromatic N) is 6. The third-order valence-corrected chi connectivity index (χ3v) is 4.78. The van der Waals surface area contributed by atoms with E-state index >= 15 is 0 Å². The lowest BCUT2D eigenvalue weighted by Gasteiger charge is -2.20. The highest BCUT2D eigenvalue weighted by Crippen LogP contribution is 2.31. The summed E-state index contributed by atoms with van der Waals surface area (Å²) in [6, 6.07) is 2.01. The number of likely N-dealkylation sites (tertiary alicyclic amines) is 1. The Morgan fingerprint density at radius 1 is 1.32 bits per heavy atom. The lowest BCUT2D eigenvalue weighted by molar-refractivity contribution is 0.0380. The molecule has 1 unspecified atom stereocenters. The summed E-state index contributed by atoms with van der Waals surface area (Å²) in [6.07, 6.45) is 2.20. The maximum Gasteiger partial charge on any atom is 0.274 e. The van der Waals surface area contributed by atoms with E-state index in [0.717, 1.165) is 5.69 Å². The third-order valence-electron chi connectivity index (χ3n) is 4.78. The molecule has 2 aromatic heterocycles. The van der Waals surface area contributed by atoms with Crippen molar-refractivity contribution in [2.24, 2.45) is 7.05 Å². The van der Waals surface area contributed by atoms with Crippen molar-refractivity contribution in [1.82, 2.24) is 29.7 Å². The van der Waals surface area contributed by atoms with E-state index in [-0.39, 0.29) is 18.5 Å². The van der Waals surface area contributed by atoms with Gasteiger partial charge in [-0.1, -0.05) is 19.1 Å². The van der Waals surface area contributed by atoms with Gasteiger partial charge in [-0.15, -0.1) is 5.10 Å². The molecule has 1 aliphatic heterocycles. The molecular formula is C17H26N6O2. The number of carbonyl (C=O) groups excluding carboxylic acids is 1. The molecule has 1 saturated heterocycles. The molecule has 0 radical (unpaired) electrons. The quantitative estimate of drug-likeness (QED) is 0.905. The van der Waals surface area contributed by atoms with Gasteiger partial charge in [0.1, 0.15) is 11.3 Å². The molecule has 8 nitrogen and oxygen atoms in total. The van der Waals surface area contributed by atoms with Crippen LogP contribution in [0.1, 0.15) is 68.0 Å². The van der Waals surface area contributed by atoms with Gasteiger partial charge in [0.2, 0.25) is 0 Å². The van der Waals surface area contributed by atoms with Crippen molar-refractivity contribution in [3.8, 4) is 0 Å². The normalized spacial score (nSPS) is 20.9. The summed E-state index contributed by atoms with van der Waals surface area (Å²) in [5.74, 6) is 0.135.